The summed E-state index contributed by atoms with van der Waals surface area (Å²) in [7, 11) is -0.583. The lowest BCUT2D eigenvalue weighted by molar-refractivity contribution is 0.336. The first-order valence-corrected chi connectivity index (χ1v) is 9.34. The Balaban J connectivity index is 1.79. The molecule has 0 unspecified atom stereocenters. The first-order valence-electron chi connectivity index (χ1n) is 7.90. The summed E-state index contributed by atoms with van der Waals surface area (Å²) in [5.41, 5.74) is 1.72. The van der Waals surface area contributed by atoms with E-state index in [0.29, 0.717) is 11.6 Å². The Kier molecular flexibility index (Phi) is 5.06. The van der Waals surface area contributed by atoms with Gasteiger partial charge >= 0.3 is 0 Å². The molecule has 0 atom stereocenters. The fraction of sp³-hybridized carbons (Fsp3) is 0.222. The second-order valence-electron chi connectivity index (χ2n) is 5.82. The molecule has 0 amide bonds. The molecule has 7 nitrogen and oxygen atoms in total. The maximum Gasteiger partial charge on any atom is 0.243 e. The number of hydrogen-bond donors (Lipinski definition) is 0. The minimum absolute atomic E-state index is 0.0207. The standard InChI is InChI=1S/C18H19N3O4S/c1-13-7-9-16(10-8-13)26(22,23)21(2)12-17-19-18(20-25-17)14-5-4-6-15(11-14)24-3/h4-11H,12H2,1-3H3. The van der Waals surface area contributed by atoms with Crippen LogP contribution >= 0.6 is 0 Å². The third kappa shape index (κ3) is 3.76. The molecule has 3 rings (SSSR count). The van der Waals surface area contributed by atoms with Gasteiger partial charge in [0.15, 0.2) is 0 Å². The van der Waals surface area contributed by atoms with Crippen LogP contribution in [0, 0.1) is 6.92 Å². The Labute approximate surface area is 152 Å². The van der Waals surface area contributed by atoms with Crippen molar-refractivity contribution >= 4 is 10.0 Å². The fourth-order valence-electron chi connectivity index (χ4n) is 2.36. The highest BCUT2D eigenvalue weighted by Gasteiger charge is 2.23. The van der Waals surface area contributed by atoms with Crippen molar-refractivity contribution in [2.45, 2.75) is 18.4 Å². The topological polar surface area (TPSA) is 85.5 Å². The molecule has 3 aromatic rings. The van der Waals surface area contributed by atoms with Crippen molar-refractivity contribution in [2.24, 2.45) is 0 Å². The Bertz CT molecular complexity index is 997. The number of rotatable bonds is 6. The molecular weight excluding hydrogens is 354 g/mol. The lowest BCUT2D eigenvalue weighted by atomic mass is 10.2. The summed E-state index contributed by atoms with van der Waals surface area (Å²) >= 11 is 0. The van der Waals surface area contributed by atoms with Crippen LogP contribution < -0.4 is 4.74 Å². The van der Waals surface area contributed by atoms with E-state index >= 15 is 0 Å². The molecule has 0 fully saturated rings. The number of sulfonamides is 1. The quantitative estimate of drug-likeness (QED) is 0.660. The van der Waals surface area contributed by atoms with Gasteiger partial charge in [0.25, 0.3) is 0 Å². The second kappa shape index (κ2) is 7.27. The molecule has 1 aromatic heterocycles. The third-order valence-corrected chi connectivity index (χ3v) is 5.70. The van der Waals surface area contributed by atoms with E-state index in [0.717, 1.165) is 11.1 Å². The summed E-state index contributed by atoms with van der Waals surface area (Å²) < 4.78 is 36.8. The van der Waals surface area contributed by atoms with Gasteiger partial charge in [0, 0.05) is 12.6 Å². The second-order valence-corrected chi connectivity index (χ2v) is 7.86. The summed E-state index contributed by atoms with van der Waals surface area (Å²) in [5.74, 6) is 1.26. The van der Waals surface area contributed by atoms with Gasteiger partial charge in [-0.25, -0.2) is 8.42 Å². The number of aryl methyl sites for hydroxylation is 1. The van der Waals surface area contributed by atoms with Crippen LogP contribution in [0.3, 0.4) is 0 Å². The van der Waals surface area contributed by atoms with Crippen LogP contribution in [0.25, 0.3) is 11.4 Å². The zero-order valence-electron chi connectivity index (χ0n) is 14.7. The van der Waals surface area contributed by atoms with E-state index in [9.17, 15) is 8.42 Å². The van der Waals surface area contributed by atoms with E-state index < -0.39 is 10.0 Å². The zero-order valence-corrected chi connectivity index (χ0v) is 15.5. The average Bonchev–Trinajstić information content (AvgIpc) is 3.10. The first-order chi connectivity index (χ1) is 12.4. The molecule has 2 aromatic carbocycles. The molecule has 26 heavy (non-hydrogen) atoms. The number of aromatic nitrogens is 2. The largest absolute Gasteiger partial charge is 0.497 e. The van der Waals surface area contributed by atoms with E-state index in [1.165, 1.54) is 11.4 Å². The molecule has 0 bridgehead atoms. The Morgan fingerprint density at radius 2 is 1.88 bits per heavy atom. The SMILES string of the molecule is COc1cccc(-c2noc(CN(C)S(=O)(=O)c3ccc(C)cc3)n2)c1. The van der Waals surface area contributed by atoms with Crippen LogP contribution in [0.5, 0.6) is 5.75 Å². The summed E-state index contributed by atoms with van der Waals surface area (Å²) in [5, 5.41) is 3.92. The highest BCUT2D eigenvalue weighted by molar-refractivity contribution is 7.89. The molecule has 0 saturated heterocycles. The van der Waals surface area contributed by atoms with E-state index in [-0.39, 0.29) is 17.3 Å². The van der Waals surface area contributed by atoms with Crippen LogP contribution in [0.4, 0.5) is 0 Å². The smallest absolute Gasteiger partial charge is 0.243 e. The lowest BCUT2D eigenvalue weighted by Crippen LogP contribution is -2.26. The van der Waals surface area contributed by atoms with Gasteiger partial charge in [-0.2, -0.15) is 9.29 Å². The minimum atomic E-state index is -3.63. The van der Waals surface area contributed by atoms with Crippen LogP contribution in [-0.2, 0) is 16.6 Å². The maximum atomic E-state index is 12.6. The van der Waals surface area contributed by atoms with E-state index in [1.807, 2.05) is 25.1 Å². The van der Waals surface area contributed by atoms with Crippen molar-refractivity contribution < 1.29 is 17.7 Å². The number of hydrogen-bond acceptors (Lipinski definition) is 6. The Hall–Kier alpha value is -2.71. The minimum Gasteiger partial charge on any atom is -0.497 e. The van der Waals surface area contributed by atoms with Gasteiger partial charge in [-0.1, -0.05) is 35.0 Å². The molecular formula is C18H19N3O4S. The highest BCUT2D eigenvalue weighted by Crippen LogP contribution is 2.22. The maximum absolute atomic E-state index is 12.6. The normalized spacial score (nSPS) is 11.7. The van der Waals surface area contributed by atoms with Crippen molar-refractivity contribution in [1.29, 1.82) is 0 Å². The molecule has 1 heterocycles. The fourth-order valence-corrected chi connectivity index (χ4v) is 3.48. The van der Waals surface area contributed by atoms with Crippen LogP contribution in [0.2, 0.25) is 0 Å². The molecule has 0 saturated carbocycles. The number of ether oxygens (including phenoxy) is 1. The predicted octanol–water partition coefficient (Wildman–Crippen LogP) is 2.87. The highest BCUT2D eigenvalue weighted by atomic mass is 32.2. The molecule has 0 aliphatic carbocycles. The average molecular weight is 373 g/mol. The van der Waals surface area contributed by atoms with Gasteiger partial charge in [0.1, 0.15) is 5.75 Å². The van der Waals surface area contributed by atoms with Gasteiger partial charge < -0.3 is 9.26 Å². The van der Waals surface area contributed by atoms with E-state index in [2.05, 4.69) is 10.1 Å². The number of benzene rings is 2. The van der Waals surface area contributed by atoms with Gasteiger partial charge in [0.05, 0.1) is 18.6 Å². The summed E-state index contributed by atoms with van der Waals surface area (Å²) in [6, 6.07) is 13.9. The van der Waals surface area contributed by atoms with E-state index in [1.54, 1.807) is 37.4 Å². The molecule has 136 valence electrons. The molecule has 8 heteroatoms. The lowest BCUT2D eigenvalue weighted by Gasteiger charge is -2.15. The Morgan fingerprint density at radius 1 is 1.15 bits per heavy atom. The van der Waals surface area contributed by atoms with Crippen LogP contribution in [-0.4, -0.2) is 37.0 Å². The van der Waals surface area contributed by atoms with Crippen LogP contribution in [0.15, 0.2) is 57.9 Å². The predicted molar refractivity (Wildman–Crippen MR) is 96.1 cm³/mol. The summed E-state index contributed by atoms with van der Waals surface area (Å²) in [4.78, 5) is 4.50. The Morgan fingerprint density at radius 3 is 2.58 bits per heavy atom. The summed E-state index contributed by atoms with van der Waals surface area (Å²) in [6.45, 7) is 1.88. The summed E-state index contributed by atoms with van der Waals surface area (Å²) in [6.07, 6.45) is 0. The van der Waals surface area contributed by atoms with Crippen molar-refractivity contribution in [2.75, 3.05) is 14.2 Å². The number of methoxy groups -OCH3 is 1. The molecule has 0 aliphatic rings. The van der Waals surface area contributed by atoms with Gasteiger partial charge in [0.2, 0.25) is 21.7 Å². The molecule has 0 N–H and O–H groups in total. The van der Waals surface area contributed by atoms with Crippen molar-refractivity contribution in [1.82, 2.24) is 14.4 Å². The van der Waals surface area contributed by atoms with Crippen molar-refractivity contribution in [3.05, 3.63) is 60.0 Å². The van der Waals surface area contributed by atoms with Crippen molar-refractivity contribution in [3.8, 4) is 17.1 Å². The monoisotopic (exact) mass is 373 g/mol. The van der Waals surface area contributed by atoms with Gasteiger partial charge in [-0.15, -0.1) is 0 Å². The van der Waals surface area contributed by atoms with Crippen LogP contribution in [0.1, 0.15) is 11.5 Å². The third-order valence-electron chi connectivity index (χ3n) is 3.88. The molecule has 0 aliphatic heterocycles. The van der Waals surface area contributed by atoms with Crippen molar-refractivity contribution in [3.63, 3.8) is 0 Å². The molecule has 0 spiro atoms. The zero-order chi connectivity index (χ0) is 18.7. The van der Waals surface area contributed by atoms with Gasteiger partial charge in [-0.3, -0.25) is 0 Å². The number of nitrogens with zero attached hydrogens (tertiary/aromatic N) is 3. The first kappa shape index (κ1) is 18.1. The molecule has 0 radical (unpaired) electrons. The van der Waals surface area contributed by atoms with E-state index in [4.69, 9.17) is 9.26 Å². The van der Waals surface area contributed by atoms with Gasteiger partial charge in [-0.05, 0) is 31.2 Å².